The molecule has 0 amide bonds. The van der Waals surface area contributed by atoms with E-state index in [0.29, 0.717) is 17.0 Å². The fraction of sp³-hybridized carbons (Fsp3) is 0.200. The maximum Gasteiger partial charge on any atom is 0.191 e. The summed E-state index contributed by atoms with van der Waals surface area (Å²) in [6.45, 7) is 2.00. The molecule has 2 nitrogen and oxygen atoms in total. The van der Waals surface area contributed by atoms with E-state index in [0.717, 1.165) is 12.0 Å². The lowest BCUT2D eigenvalue weighted by Gasteiger charge is -2.07. The largest absolute Gasteiger partial charge is 0.291 e. The minimum Gasteiger partial charge on any atom is -0.291 e. The van der Waals surface area contributed by atoms with Crippen LogP contribution in [0.25, 0.3) is 11.3 Å². The van der Waals surface area contributed by atoms with Crippen LogP contribution >= 0.6 is 27.5 Å². The highest BCUT2D eigenvalue weighted by atomic mass is 79.9. The number of hydrogen-bond donors (Lipinski definition) is 0. The van der Waals surface area contributed by atoms with E-state index in [-0.39, 0.29) is 16.1 Å². The van der Waals surface area contributed by atoms with Gasteiger partial charge >= 0.3 is 0 Å². The van der Waals surface area contributed by atoms with E-state index < -0.39 is 5.82 Å². The van der Waals surface area contributed by atoms with Gasteiger partial charge in [-0.1, -0.05) is 34.5 Å². The van der Waals surface area contributed by atoms with E-state index in [1.165, 1.54) is 12.1 Å². The van der Waals surface area contributed by atoms with Crippen molar-refractivity contribution < 1.29 is 9.18 Å². The number of carbonyl (C=O) groups excluding carboxylic acids is 1. The number of hydrogen-bond acceptors (Lipinski definition) is 2. The van der Waals surface area contributed by atoms with Crippen LogP contribution in [0.15, 0.2) is 30.3 Å². The lowest BCUT2D eigenvalue weighted by Crippen LogP contribution is -2.05. The summed E-state index contributed by atoms with van der Waals surface area (Å²) in [5, 5.41) is 0.260. The van der Waals surface area contributed by atoms with Gasteiger partial charge in [-0.25, -0.2) is 9.37 Å². The van der Waals surface area contributed by atoms with Crippen LogP contribution in [-0.4, -0.2) is 16.1 Å². The van der Waals surface area contributed by atoms with Gasteiger partial charge in [-0.15, -0.1) is 0 Å². The highest BCUT2D eigenvalue weighted by Gasteiger charge is 2.11. The van der Waals surface area contributed by atoms with Gasteiger partial charge in [0.2, 0.25) is 0 Å². The Hall–Kier alpha value is -1.26. The number of pyridine rings is 1. The van der Waals surface area contributed by atoms with Crippen molar-refractivity contribution in [2.75, 3.05) is 5.33 Å². The van der Waals surface area contributed by atoms with Gasteiger partial charge in [0.05, 0.1) is 16.0 Å². The summed E-state index contributed by atoms with van der Waals surface area (Å²) in [6.07, 6.45) is 0.785. The van der Waals surface area contributed by atoms with E-state index in [1.807, 2.05) is 13.0 Å². The molecule has 0 N–H and O–H groups in total. The Morgan fingerprint density at radius 2 is 2.10 bits per heavy atom. The van der Waals surface area contributed by atoms with Crippen LogP contribution in [0.2, 0.25) is 5.02 Å². The highest BCUT2D eigenvalue weighted by Crippen LogP contribution is 2.25. The maximum atomic E-state index is 13.2. The molecular weight excluding hydrogens is 345 g/mol. The molecule has 0 atom stereocenters. The summed E-state index contributed by atoms with van der Waals surface area (Å²) >= 11 is 8.93. The van der Waals surface area contributed by atoms with E-state index in [1.54, 1.807) is 12.1 Å². The summed E-state index contributed by atoms with van der Waals surface area (Å²) in [7, 11) is 0. The summed E-state index contributed by atoms with van der Waals surface area (Å²) in [6, 6.07) is 8.07. The van der Waals surface area contributed by atoms with Crippen molar-refractivity contribution in [1.82, 2.24) is 4.98 Å². The highest BCUT2D eigenvalue weighted by molar-refractivity contribution is 9.09. The SMILES string of the molecule is CCc1cc(C(=O)CBr)nc(-c2ccc(F)c(Cl)c2)c1. The van der Waals surface area contributed by atoms with Crippen LogP contribution in [-0.2, 0) is 6.42 Å². The Balaban J connectivity index is 2.54. The lowest BCUT2D eigenvalue weighted by atomic mass is 10.1. The van der Waals surface area contributed by atoms with Crippen LogP contribution < -0.4 is 0 Å². The van der Waals surface area contributed by atoms with E-state index in [4.69, 9.17) is 11.6 Å². The van der Waals surface area contributed by atoms with Gasteiger partial charge in [0.15, 0.2) is 5.78 Å². The first-order valence-corrected chi connectivity index (χ1v) is 7.60. The third-order valence-electron chi connectivity index (χ3n) is 2.92. The van der Waals surface area contributed by atoms with Crippen molar-refractivity contribution in [1.29, 1.82) is 0 Å². The standard InChI is InChI=1S/C15H12BrClFNO/c1-2-9-5-13(19-14(6-9)15(20)8-16)10-3-4-12(18)11(17)7-10/h3-7H,2,8H2,1H3. The average molecular weight is 357 g/mol. The van der Waals surface area contributed by atoms with Crippen molar-refractivity contribution in [3.8, 4) is 11.3 Å². The van der Waals surface area contributed by atoms with Gasteiger partial charge in [-0.3, -0.25) is 4.79 Å². The summed E-state index contributed by atoms with van der Waals surface area (Å²) in [4.78, 5) is 16.1. The number of carbonyl (C=O) groups is 1. The molecule has 0 fully saturated rings. The van der Waals surface area contributed by atoms with Crippen molar-refractivity contribution in [2.45, 2.75) is 13.3 Å². The fourth-order valence-electron chi connectivity index (χ4n) is 1.81. The van der Waals surface area contributed by atoms with Gasteiger partial charge in [-0.05, 0) is 42.3 Å². The van der Waals surface area contributed by atoms with E-state index >= 15 is 0 Å². The number of benzene rings is 1. The second-order valence-electron chi connectivity index (χ2n) is 4.29. The zero-order valence-corrected chi connectivity index (χ0v) is 13.1. The molecule has 0 unspecified atom stereocenters. The third kappa shape index (κ3) is 3.25. The maximum absolute atomic E-state index is 13.2. The number of nitrogens with zero attached hydrogens (tertiary/aromatic N) is 1. The first-order chi connectivity index (χ1) is 9.55. The zero-order chi connectivity index (χ0) is 14.7. The van der Waals surface area contributed by atoms with Gasteiger partial charge in [-0.2, -0.15) is 0 Å². The monoisotopic (exact) mass is 355 g/mol. The zero-order valence-electron chi connectivity index (χ0n) is 10.8. The van der Waals surface area contributed by atoms with Crippen LogP contribution in [0, 0.1) is 5.82 Å². The topological polar surface area (TPSA) is 30.0 Å². The summed E-state index contributed by atoms with van der Waals surface area (Å²) in [5.41, 5.74) is 2.71. The van der Waals surface area contributed by atoms with Crippen LogP contribution in [0.5, 0.6) is 0 Å². The number of aryl methyl sites for hydroxylation is 1. The molecule has 2 aromatic rings. The number of ketones is 1. The van der Waals surface area contributed by atoms with E-state index in [2.05, 4.69) is 20.9 Å². The molecule has 0 bridgehead atoms. The molecule has 1 heterocycles. The molecule has 0 aliphatic rings. The predicted octanol–water partition coefficient (Wildman–Crippen LogP) is 4.68. The molecule has 0 aliphatic carbocycles. The predicted molar refractivity (Wildman–Crippen MR) is 82.1 cm³/mol. The van der Waals surface area contributed by atoms with Gasteiger partial charge in [0, 0.05) is 5.56 Å². The van der Waals surface area contributed by atoms with Crippen LogP contribution in [0.3, 0.4) is 0 Å². The quantitative estimate of drug-likeness (QED) is 0.588. The number of alkyl halides is 1. The molecule has 1 aromatic heterocycles. The Morgan fingerprint density at radius 3 is 2.70 bits per heavy atom. The first-order valence-electron chi connectivity index (χ1n) is 6.10. The second kappa shape index (κ2) is 6.46. The number of aromatic nitrogens is 1. The molecule has 0 saturated carbocycles. The Labute approximate surface area is 130 Å². The van der Waals surface area contributed by atoms with Gasteiger partial charge < -0.3 is 0 Å². The van der Waals surface area contributed by atoms with Crippen molar-refractivity contribution in [2.24, 2.45) is 0 Å². The fourth-order valence-corrected chi connectivity index (χ4v) is 2.27. The van der Waals surface area contributed by atoms with Crippen molar-refractivity contribution in [3.05, 3.63) is 52.4 Å². The van der Waals surface area contributed by atoms with E-state index in [9.17, 15) is 9.18 Å². The Morgan fingerprint density at radius 1 is 1.35 bits per heavy atom. The summed E-state index contributed by atoms with van der Waals surface area (Å²) < 4.78 is 13.2. The van der Waals surface area contributed by atoms with Crippen LogP contribution in [0.1, 0.15) is 23.0 Å². The normalized spacial score (nSPS) is 10.6. The molecule has 0 radical (unpaired) electrons. The lowest BCUT2D eigenvalue weighted by molar-refractivity contribution is 0.101. The first kappa shape index (κ1) is 15.1. The molecule has 20 heavy (non-hydrogen) atoms. The van der Waals surface area contributed by atoms with Crippen molar-refractivity contribution >= 4 is 33.3 Å². The minimum atomic E-state index is -0.473. The average Bonchev–Trinajstić information content (AvgIpc) is 2.48. The second-order valence-corrected chi connectivity index (χ2v) is 5.25. The smallest absolute Gasteiger partial charge is 0.191 e. The molecular formula is C15H12BrClFNO. The Bertz CT molecular complexity index is 660. The van der Waals surface area contributed by atoms with Gasteiger partial charge in [0.25, 0.3) is 0 Å². The molecule has 1 aromatic carbocycles. The third-order valence-corrected chi connectivity index (χ3v) is 3.71. The molecule has 104 valence electrons. The summed E-state index contributed by atoms with van der Waals surface area (Å²) in [5.74, 6) is -0.562. The molecule has 5 heteroatoms. The Kier molecular flexibility index (Phi) is 4.89. The minimum absolute atomic E-state index is 0.0413. The van der Waals surface area contributed by atoms with Gasteiger partial charge in [0.1, 0.15) is 11.5 Å². The number of Topliss-reactive ketones (excluding diaryl/α,β-unsaturated/α-hetero) is 1. The number of halogens is 3. The van der Waals surface area contributed by atoms with Crippen molar-refractivity contribution in [3.63, 3.8) is 0 Å². The molecule has 0 saturated heterocycles. The molecule has 0 spiro atoms. The number of rotatable bonds is 4. The van der Waals surface area contributed by atoms with Crippen LogP contribution in [0.4, 0.5) is 4.39 Å². The molecule has 2 rings (SSSR count). The molecule has 0 aliphatic heterocycles.